The fourth-order valence-electron chi connectivity index (χ4n) is 4.28. The third-order valence-electron chi connectivity index (χ3n) is 5.83. The van der Waals surface area contributed by atoms with Crippen molar-refractivity contribution in [2.75, 3.05) is 27.3 Å². The van der Waals surface area contributed by atoms with E-state index in [1.54, 1.807) is 33.9 Å². The van der Waals surface area contributed by atoms with Gasteiger partial charge in [0.15, 0.2) is 11.5 Å². The molecule has 1 amide bonds. The van der Waals surface area contributed by atoms with Gasteiger partial charge in [-0.3, -0.25) is 4.90 Å². The number of nitrogens with one attached hydrogen (secondary N) is 1. The van der Waals surface area contributed by atoms with E-state index in [1.807, 2.05) is 23.1 Å². The number of carbonyl (C=O) groups excluding carboxylic acids is 1. The second-order valence-corrected chi connectivity index (χ2v) is 9.16. The first-order valence-corrected chi connectivity index (χ1v) is 10.7. The Balaban J connectivity index is 1.91. The van der Waals surface area contributed by atoms with Gasteiger partial charge in [0.2, 0.25) is 0 Å². The molecule has 0 bridgehead atoms. The molecule has 2 aliphatic rings. The molecule has 1 saturated heterocycles. The predicted molar refractivity (Wildman–Crippen MR) is 115 cm³/mol. The summed E-state index contributed by atoms with van der Waals surface area (Å²) in [5, 5.41) is 2.94. The number of benzene rings is 1. The summed E-state index contributed by atoms with van der Waals surface area (Å²) < 4.78 is 55.7. The fraction of sp³-hybridized carbons (Fsp3) is 0.609. The van der Waals surface area contributed by atoms with Crippen LogP contribution in [-0.4, -0.2) is 56.1 Å². The Morgan fingerprint density at radius 3 is 2.19 bits per heavy atom. The summed E-state index contributed by atoms with van der Waals surface area (Å²) in [6.45, 7) is 5.89. The van der Waals surface area contributed by atoms with Gasteiger partial charge < -0.3 is 19.5 Å². The second-order valence-electron chi connectivity index (χ2n) is 9.16. The molecule has 9 heteroatoms. The molecule has 1 aromatic rings. The molecule has 0 aromatic heterocycles. The quantitative estimate of drug-likeness (QED) is 0.696. The zero-order valence-electron chi connectivity index (χ0n) is 19.1. The Kier molecular flexibility index (Phi) is 6.97. The normalized spacial score (nSPS) is 22.2. The first-order valence-electron chi connectivity index (χ1n) is 10.7. The minimum Gasteiger partial charge on any atom is -0.493 e. The Labute approximate surface area is 186 Å². The number of rotatable bonds is 4. The van der Waals surface area contributed by atoms with Gasteiger partial charge in [-0.15, -0.1) is 0 Å². The summed E-state index contributed by atoms with van der Waals surface area (Å²) in [5.74, 6) is -0.233. The topological polar surface area (TPSA) is 60.0 Å². The molecular formula is C23H31F3N2O4. The molecule has 1 fully saturated rings. The van der Waals surface area contributed by atoms with Gasteiger partial charge in [0.1, 0.15) is 5.60 Å². The highest BCUT2D eigenvalue weighted by Crippen LogP contribution is 2.41. The van der Waals surface area contributed by atoms with Crippen molar-refractivity contribution in [2.24, 2.45) is 5.92 Å². The minimum absolute atomic E-state index is 0.0335. The zero-order valence-corrected chi connectivity index (χ0v) is 19.1. The molecule has 2 atom stereocenters. The number of nitrogens with zero attached hydrogens (tertiary/aromatic N) is 1. The van der Waals surface area contributed by atoms with Crippen LogP contribution in [0.1, 0.15) is 50.8 Å². The number of alkyl carbamates (subject to hydrolysis) is 1. The van der Waals surface area contributed by atoms with Crippen molar-refractivity contribution in [1.29, 1.82) is 0 Å². The lowest BCUT2D eigenvalue weighted by Crippen LogP contribution is -2.51. The number of hydrogen-bond acceptors (Lipinski definition) is 5. The molecule has 1 aliphatic heterocycles. The van der Waals surface area contributed by atoms with Gasteiger partial charge in [-0.1, -0.05) is 12.2 Å². The standard InChI is InChI=1S/C23H31F3N2O4/c1-22(2,3)32-21(29)27-20-16-13-19(31-5)18(30-4)12-14(16)6-7-17(20)28-10-8-15(9-11-28)23(24,25)26/h6-7,12-13,15,17,20H,8-11H2,1-5H3,(H,27,29)/t17-,20-/m1/s1. The molecule has 0 radical (unpaired) electrons. The van der Waals surface area contributed by atoms with E-state index in [4.69, 9.17) is 14.2 Å². The largest absolute Gasteiger partial charge is 0.493 e. The first kappa shape index (κ1) is 24.2. The number of likely N-dealkylation sites (tertiary alicyclic amines) is 1. The lowest BCUT2D eigenvalue weighted by atomic mass is 9.86. The number of alkyl halides is 3. The molecule has 1 N–H and O–H groups in total. The molecule has 32 heavy (non-hydrogen) atoms. The van der Waals surface area contributed by atoms with Crippen LogP contribution in [0.5, 0.6) is 11.5 Å². The number of methoxy groups -OCH3 is 2. The smallest absolute Gasteiger partial charge is 0.408 e. The van der Waals surface area contributed by atoms with Crippen LogP contribution in [0.2, 0.25) is 0 Å². The summed E-state index contributed by atoms with van der Waals surface area (Å²) in [6.07, 6.45) is -0.875. The van der Waals surface area contributed by atoms with Gasteiger partial charge in [0, 0.05) is 0 Å². The van der Waals surface area contributed by atoms with Crippen molar-refractivity contribution < 1.29 is 32.2 Å². The van der Waals surface area contributed by atoms with Crippen molar-refractivity contribution in [1.82, 2.24) is 10.2 Å². The van der Waals surface area contributed by atoms with Crippen molar-refractivity contribution in [3.05, 3.63) is 29.3 Å². The highest BCUT2D eigenvalue weighted by Gasteiger charge is 2.43. The van der Waals surface area contributed by atoms with Crippen LogP contribution in [-0.2, 0) is 4.74 Å². The maximum atomic E-state index is 13.1. The second kappa shape index (κ2) is 9.21. The molecular weight excluding hydrogens is 425 g/mol. The van der Waals surface area contributed by atoms with Crippen molar-refractivity contribution in [3.8, 4) is 11.5 Å². The molecule has 3 rings (SSSR count). The number of amides is 1. The maximum Gasteiger partial charge on any atom is 0.408 e. The Hall–Kier alpha value is -2.42. The van der Waals surface area contributed by atoms with E-state index in [9.17, 15) is 18.0 Å². The Morgan fingerprint density at radius 2 is 1.66 bits per heavy atom. The van der Waals surface area contributed by atoms with E-state index in [-0.39, 0.29) is 32.0 Å². The van der Waals surface area contributed by atoms with Crippen LogP contribution >= 0.6 is 0 Å². The maximum absolute atomic E-state index is 13.1. The molecule has 6 nitrogen and oxygen atoms in total. The van der Waals surface area contributed by atoms with E-state index in [0.717, 1.165) is 11.1 Å². The summed E-state index contributed by atoms with van der Waals surface area (Å²) >= 11 is 0. The average Bonchev–Trinajstić information content (AvgIpc) is 2.71. The molecule has 1 aromatic carbocycles. The van der Waals surface area contributed by atoms with Gasteiger partial charge in [-0.25, -0.2) is 4.79 Å². The fourth-order valence-corrected chi connectivity index (χ4v) is 4.28. The summed E-state index contributed by atoms with van der Waals surface area (Å²) in [6, 6.07) is 2.78. The number of carbonyl (C=O) groups is 1. The van der Waals surface area contributed by atoms with Crippen molar-refractivity contribution in [3.63, 3.8) is 0 Å². The minimum atomic E-state index is -4.18. The summed E-state index contributed by atoms with van der Waals surface area (Å²) in [5.41, 5.74) is 0.944. The average molecular weight is 457 g/mol. The zero-order chi connectivity index (χ0) is 23.7. The van der Waals surface area contributed by atoms with Crippen LogP contribution in [0.4, 0.5) is 18.0 Å². The van der Waals surface area contributed by atoms with Crippen LogP contribution < -0.4 is 14.8 Å². The SMILES string of the molecule is COc1cc2c(cc1OC)[C@@H](NC(=O)OC(C)(C)C)[C@H](N1CCC(C(F)(F)F)CC1)C=C2. The van der Waals surface area contributed by atoms with Gasteiger partial charge in [0.05, 0.1) is 32.2 Å². The molecule has 0 spiro atoms. The van der Waals surface area contributed by atoms with Crippen molar-refractivity contribution >= 4 is 12.2 Å². The highest BCUT2D eigenvalue weighted by atomic mass is 19.4. The van der Waals surface area contributed by atoms with Crippen LogP contribution in [0.25, 0.3) is 6.08 Å². The highest BCUT2D eigenvalue weighted by molar-refractivity contribution is 5.71. The predicted octanol–water partition coefficient (Wildman–Crippen LogP) is 4.94. The number of ether oxygens (including phenoxy) is 3. The van der Waals surface area contributed by atoms with Gasteiger partial charge in [-0.2, -0.15) is 13.2 Å². The van der Waals surface area contributed by atoms with E-state index >= 15 is 0 Å². The monoisotopic (exact) mass is 456 g/mol. The summed E-state index contributed by atoms with van der Waals surface area (Å²) in [4.78, 5) is 14.6. The molecule has 1 heterocycles. The van der Waals surface area contributed by atoms with Gasteiger partial charge in [-0.05, 0) is 70.0 Å². The van der Waals surface area contributed by atoms with E-state index < -0.39 is 29.8 Å². The van der Waals surface area contributed by atoms with Crippen molar-refractivity contribution in [2.45, 2.75) is 57.5 Å². The Morgan fingerprint density at radius 1 is 1.06 bits per heavy atom. The third-order valence-corrected chi connectivity index (χ3v) is 5.83. The number of halogens is 3. The van der Waals surface area contributed by atoms with E-state index in [1.165, 1.54) is 7.11 Å². The molecule has 1 aliphatic carbocycles. The number of piperidine rings is 1. The first-order chi connectivity index (χ1) is 14.9. The lowest BCUT2D eigenvalue weighted by molar-refractivity contribution is -0.185. The molecule has 0 unspecified atom stereocenters. The van der Waals surface area contributed by atoms with Crippen LogP contribution in [0.3, 0.4) is 0 Å². The van der Waals surface area contributed by atoms with Crippen LogP contribution in [0.15, 0.2) is 18.2 Å². The van der Waals surface area contributed by atoms with Gasteiger partial charge in [0.25, 0.3) is 0 Å². The number of hydrogen-bond donors (Lipinski definition) is 1. The number of fused-ring (bicyclic) bond motifs is 1. The van der Waals surface area contributed by atoms with Gasteiger partial charge >= 0.3 is 12.3 Å². The van der Waals surface area contributed by atoms with E-state index in [2.05, 4.69) is 5.32 Å². The van der Waals surface area contributed by atoms with E-state index in [0.29, 0.717) is 11.5 Å². The molecule has 178 valence electrons. The summed E-state index contributed by atoms with van der Waals surface area (Å²) in [7, 11) is 3.07. The Bertz CT molecular complexity index is 856. The van der Waals surface area contributed by atoms with Crippen LogP contribution in [0, 0.1) is 5.92 Å². The third kappa shape index (κ3) is 5.49. The molecule has 0 saturated carbocycles. The lowest BCUT2D eigenvalue weighted by Gasteiger charge is -2.42.